The van der Waals surface area contributed by atoms with Crippen LogP contribution in [0.2, 0.25) is 0 Å². The van der Waals surface area contributed by atoms with Gasteiger partial charge in [-0.05, 0) is 49.1 Å². The Hall–Kier alpha value is -3.36. The van der Waals surface area contributed by atoms with Crippen LogP contribution < -0.4 is 4.74 Å². The number of alkyl halides is 3. The molecule has 3 rings (SSSR count). The monoisotopic (exact) mass is 475 g/mol. The molecule has 182 valence electrons. The molecular formula is C25H28F3N3O3. The van der Waals surface area contributed by atoms with E-state index in [9.17, 15) is 18.0 Å². The second kappa shape index (κ2) is 11.7. The largest absolute Gasteiger partial charge is 0.573 e. The fourth-order valence-electron chi connectivity index (χ4n) is 3.45. The number of hydrogen-bond acceptors (Lipinski definition) is 5. The molecule has 6 nitrogen and oxygen atoms in total. The molecule has 1 atom stereocenters. The summed E-state index contributed by atoms with van der Waals surface area (Å²) in [5.41, 5.74) is 2.12. The first-order valence-electron chi connectivity index (χ1n) is 11.3. The first kappa shape index (κ1) is 25.3. The van der Waals surface area contributed by atoms with Crippen molar-refractivity contribution in [3.05, 3.63) is 60.4 Å². The van der Waals surface area contributed by atoms with Crippen molar-refractivity contribution in [2.24, 2.45) is 0 Å². The van der Waals surface area contributed by atoms with Crippen LogP contribution in [0.1, 0.15) is 51.5 Å². The van der Waals surface area contributed by atoms with Crippen LogP contribution >= 0.6 is 0 Å². The molecule has 0 fully saturated rings. The van der Waals surface area contributed by atoms with Gasteiger partial charge in [-0.1, -0.05) is 51.0 Å². The smallest absolute Gasteiger partial charge is 0.462 e. The molecule has 1 aromatic heterocycles. The summed E-state index contributed by atoms with van der Waals surface area (Å²) < 4.78 is 47.9. The molecule has 0 amide bonds. The molecular weight excluding hydrogens is 447 g/mol. The van der Waals surface area contributed by atoms with Gasteiger partial charge in [-0.2, -0.15) is 0 Å². The van der Waals surface area contributed by atoms with E-state index < -0.39 is 6.36 Å². The molecule has 2 aromatic carbocycles. The van der Waals surface area contributed by atoms with Crippen LogP contribution in [-0.4, -0.2) is 33.2 Å². The number of rotatable bonds is 11. The number of benzene rings is 2. The normalized spacial score (nSPS) is 12.4. The highest BCUT2D eigenvalue weighted by Crippen LogP contribution is 2.24. The summed E-state index contributed by atoms with van der Waals surface area (Å²) in [4.78, 5) is 16.6. The molecule has 0 saturated carbocycles. The minimum Gasteiger partial charge on any atom is -0.462 e. The highest BCUT2D eigenvalue weighted by molar-refractivity contribution is 5.73. The van der Waals surface area contributed by atoms with Crippen molar-refractivity contribution >= 4 is 5.97 Å². The van der Waals surface area contributed by atoms with Gasteiger partial charge in [-0.25, -0.2) is 9.67 Å². The minimum absolute atomic E-state index is 0.0411. The van der Waals surface area contributed by atoms with Crippen molar-refractivity contribution in [1.82, 2.24) is 14.8 Å². The van der Waals surface area contributed by atoms with Crippen molar-refractivity contribution < 1.29 is 27.4 Å². The molecule has 0 aliphatic rings. The van der Waals surface area contributed by atoms with Gasteiger partial charge in [0.1, 0.15) is 18.2 Å². The Kier molecular flexibility index (Phi) is 8.67. The molecule has 0 aliphatic carbocycles. The van der Waals surface area contributed by atoms with E-state index in [-0.39, 0.29) is 24.2 Å². The molecule has 9 heteroatoms. The number of ether oxygens (including phenoxy) is 2. The number of aromatic nitrogens is 3. The maximum absolute atomic E-state index is 12.3. The summed E-state index contributed by atoms with van der Waals surface area (Å²) in [6.45, 7) is 4.17. The molecule has 0 N–H and O–H groups in total. The number of carbonyl (C=O) groups excluding carboxylic acids is 1. The van der Waals surface area contributed by atoms with Crippen molar-refractivity contribution in [1.29, 1.82) is 0 Å². The average Bonchev–Trinajstić information content (AvgIpc) is 3.29. The van der Waals surface area contributed by atoms with E-state index in [0.29, 0.717) is 11.5 Å². The lowest BCUT2D eigenvalue weighted by Gasteiger charge is -2.16. The lowest BCUT2D eigenvalue weighted by Crippen LogP contribution is -2.19. The number of nitrogens with zero attached hydrogens (tertiary/aromatic N) is 3. The highest BCUT2D eigenvalue weighted by atomic mass is 19.4. The summed E-state index contributed by atoms with van der Waals surface area (Å²) in [5, 5.41) is 4.38. The summed E-state index contributed by atoms with van der Waals surface area (Å²) in [6, 6.07) is 12.6. The van der Waals surface area contributed by atoms with Gasteiger partial charge in [0, 0.05) is 5.56 Å². The average molecular weight is 476 g/mol. The zero-order valence-corrected chi connectivity index (χ0v) is 19.2. The summed E-state index contributed by atoms with van der Waals surface area (Å²) in [5.74, 6) is -0.0971. The lowest BCUT2D eigenvalue weighted by molar-refractivity contribution is -0.274. The Morgan fingerprint density at radius 2 is 1.74 bits per heavy atom. The van der Waals surface area contributed by atoms with E-state index in [1.165, 1.54) is 35.3 Å². The number of unbranched alkanes of at least 4 members (excludes halogenated alkanes) is 2. The van der Waals surface area contributed by atoms with Crippen molar-refractivity contribution in [3.63, 3.8) is 0 Å². The minimum atomic E-state index is -4.74. The zero-order chi connectivity index (χ0) is 24.6. The molecule has 1 heterocycles. The number of hydrogen-bond donors (Lipinski definition) is 0. The van der Waals surface area contributed by atoms with Crippen LogP contribution in [0.4, 0.5) is 13.2 Å². The second-order valence-corrected chi connectivity index (χ2v) is 7.94. The van der Waals surface area contributed by atoms with Gasteiger partial charge in [-0.15, -0.1) is 18.3 Å². The molecule has 0 spiro atoms. The van der Waals surface area contributed by atoms with Gasteiger partial charge in [0.25, 0.3) is 0 Å². The van der Waals surface area contributed by atoms with E-state index in [2.05, 4.69) is 21.7 Å². The lowest BCUT2D eigenvalue weighted by atomic mass is 10.1. The fourth-order valence-corrected chi connectivity index (χ4v) is 3.45. The third-order valence-corrected chi connectivity index (χ3v) is 5.27. The predicted octanol–water partition coefficient (Wildman–Crippen LogP) is 6.28. The van der Waals surface area contributed by atoms with E-state index in [4.69, 9.17) is 4.74 Å². The van der Waals surface area contributed by atoms with E-state index in [1.807, 2.05) is 31.2 Å². The molecule has 3 aromatic rings. The first-order valence-corrected chi connectivity index (χ1v) is 11.3. The predicted molar refractivity (Wildman–Crippen MR) is 121 cm³/mol. The quantitative estimate of drug-likeness (QED) is 0.241. The molecule has 0 bridgehead atoms. The number of esters is 1. The summed E-state index contributed by atoms with van der Waals surface area (Å²) in [6.07, 6.45) is 1.91. The van der Waals surface area contributed by atoms with Crippen LogP contribution in [0, 0.1) is 0 Å². The molecule has 0 aliphatic heterocycles. The highest BCUT2D eigenvalue weighted by Gasteiger charge is 2.31. The Morgan fingerprint density at radius 1 is 1.03 bits per heavy atom. The van der Waals surface area contributed by atoms with Gasteiger partial charge in [0.2, 0.25) is 0 Å². The van der Waals surface area contributed by atoms with Crippen LogP contribution in [0.15, 0.2) is 54.9 Å². The summed E-state index contributed by atoms with van der Waals surface area (Å²) in [7, 11) is 0. The van der Waals surface area contributed by atoms with Gasteiger partial charge >= 0.3 is 12.3 Å². The molecule has 1 unspecified atom stereocenters. The van der Waals surface area contributed by atoms with Crippen molar-refractivity contribution in [2.75, 3.05) is 0 Å². The van der Waals surface area contributed by atoms with Crippen molar-refractivity contribution in [2.45, 2.75) is 64.8 Å². The second-order valence-electron chi connectivity index (χ2n) is 7.94. The zero-order valence-electron chi connectivity index (χ0n) is 19.2. The van der Waals surface area contributed by atoms with E-state index in [0.717, 1.165) is 43.2 Å². The van der Waals surface area contributed by atoms with Crippen molar-refractivity contribution in [3.8, 4) is 22.8 Å². The Bertz CT molecular complexity index is 1050. The standard InChI is InChI=1S/C25H28F3N3O3/c1-3-5-6-7-21(4-2)33-23(32)16-18-8-10-19(11-9-18)24-29-17-31(30-24)20-12-14-22(15-13-20)34-25(26,27)28/h8-15,17,21H,3-7,16H2,1-2H3. The maximum Gasteiger partial charge on any atom is 0.573 e. The Balaban J connectivity index is 1.58. The maximum atomic E-state index is 12.3. The summed E-state index contributed by atoms with van der Waals surface area (Å²) >= 11 is 0. The first-order chi connectivity index (χ1) is 16.3. The van der Waals surface area contributed by atoms with E-state index in [1.54, 1.807) is 0 Å². The van der Waals surface area contributed by atoms with Gasteiger partial charge < -0.3 is 9.47 Å². The molecule has 0 saturated heterocycles. The Labute approximate surface area is 196 Å². The van der Waals surface area contributed by atoms with Gasteiger partial charge in [-0.3, -0.25) is 4.79 Å². The Morgan fingerprint density at radius 3 is 2.35 bits per heavy atom. The third kappa shape index (κ3) is 7.60. The number of carbonyl (C=O) groups is 1. The fraction of sp³-hybridized carbons (Fsp3) is 0.400. The number of halogens is 3. The molecule has 34 heavy (non-hydrogen) atoms. The van der Waals surface area contributed by atoms with Gasteiger partial charge in [0.15, 0.2) is 5.82 Å². The third-order valence-electron chi connectivity index (χ3n) is 5.27. The van der Waals surface area contributed by atoms with Crippen LogP contribution in [0.3, 0.4) is 0 Å². The van der Waals surface area contributed by atoms with Crippen LogP contribution in [0.25, 0.3) is 17.1 Å². The van der Waals surface area contributed by atoms with Crippen LogP contribution in [-0.2, 0) is 16.0 Å². The van der Waals surface area contributed by atoms with Gasteiger partial charge in [0.05, 0.1) is 12.1 Å². The molecule has 0 radical (unpaired) electrons. The van der Waals surface area contributed by atoms with E-state index >= 15 is 0 Å². The van der Waals surface area contributed by atoms with Crippen LogP contribution in [0.5, 0.6) is 5.75 Å². The SMILES string of the molecule is CCCCCC(CC)OC(=O)Cc1ccc(-c2ncn(-c3ccc(OC(F)(F)F)cc3)n2)cc1. The topological polar surface area (TPSA) is 66.2 Å².